The van der Waals surface area contributed by atoms with Gasteiger partial charge in [-0.2, -0.15) is 0 Å². The van der Waals surface area contributed by atoms with Crippen LogP contribution in [0.15, 0.2) is 12.5 Å². The Hall–Kier alpha value is -1.85. The zero-order valence-corrected chi connectivity index (χ0v) is 11.2. The van der Waals surface area contributed by atoms with E-state index in [2.05, 4.69) is 4.98 Å². The molecule has 0 aromatic carbocycles. The van der Waals surface area contributed by atoms with E-state index in [0.717, 1.165) is 25.9 Å². The lowest BCUT2D eigenvalue weighted by Gasteiger charge is -2.26. The van der Waals surface area contributed by atoms with Crippen molar-refractivity contribution in [2.45, 2.75) is 32.7 Å². The molecular formula is C13H19N3O3. The third-order valence-corrected chi connectivity index (χ3v) is 3.14. The highest BCUT2D eigenvalue weighted by molar-refractivity contribution is 5.87. The lowest BCUT2D eigenvalue weighted by atomic mass is 10.1. The summed E-state index contributed by atoms with van der Waals surface area (Å²) >= 11 is 0. The summed E-state index contributed by atoms with van der Waals surface area (Å²) in [6.07, 6.45) is 6.39. The molecule has 6 heteroatoms. The molecule has 0 radical (unpaired) electrons. The molecule has 2 rings (SSSR count). The Morgan fingerprint density at radius 1 is 1.32 bits per heavy atom. The Morgan fingerprint density at radius 3 is 2.74 bits per heavy atom. The largest absolute Gasteiger partial charge is 0.461 e. The Balaban J connectivity index is 1.92. The molecule has 0 saturated carbocycles. The average molecular weight is 265 g/mol. The van der Waals surface area contributed by atoms with Crippen LogP contribution in [0.1, 0.15) is 36.7 Å². The van der Waals surface area contributed by atoms with Crippen molar-refractivity contribution in [3.05, 3.63) is 18.2 Å². The van der Waals surface area contributed by atoms with Gasteiger partial charge in [-0.15, -0.1) is 0 Å². The Labute approximate surface area is 112 Å². The highest BCUT2D eigenvalue weighted by Gasteiger charge is 2.17. The van der Waals surface area contributed by atoms with Gasteiger partial charge in [0.05, 0.1) is 12.9 Å². The number of carbonyl (C=O) groups excluding carboxylic acids is 2. The highest BCUT2D eigenvalue weighted by atomic mass is 16.5. The minimum Gasteiger partial charge on any atom is -0.461 e. The molecule has 0 spiro atoms. The van der Waals surface area contributed by atoms with Crippen LogP contribution in [0.3, 0.4) is 0 Å². The third-order valence-electron chi connectivity index (χ3n) is 3.14. The summed E-state index contributed by atoms with van der Waals surface area (Å²) in [5.74, 6) is -0.376. The molecule has 0 N–H and O–H groups in total. The van der Waals surface area contributed by atoms with Gasteiger partial charge in [-0.3, -0.25) is 4.79 Å². The van der Waals surface area contributed by atoms with E-state index < -0.39 is 5.97 Å². The van der Waals surface area contributed by atoms with Gasteiger partial charge >= 0.3 is 5.97 Å². The van der Waals surface area contributed by atoms with E-state index in [1.807, 2.05) is 4.90 Å². The summed E-state index contributed by atoms with van der Waals surface area (Å²) in [6.45, 7) is 3.95. The van der Waals surface area contributed by atoms with Gasteiger partial charge in [-0.05, 0) is 26.2 Å². The van der Waals surface area contributed by atoms with Crippen LogP contribution in [0.4, 0.5) is 0 Å². The summed E-state index contributed by atoms with van der Waals surface area (Å²) < 4.78 is 6.48. The SMILES string of the molecule is CCOC(=O)c1cn(CC(=O)N2CCCCC2)cn1. The van der Waals surface area contributed by atoms with E-state index in [-0.39, 0.29) is 18.1 Å². The van der Waals surface area contributed by atoms with Crippen LogP contribution in [0.5, 0.6) is 0 Å². The number of hydrogen-bond donors (Lipinski definition) is 0. The number of aromatic nitrogens is 2. The lowest BCUT2D eigenvalue weighted by molar-refractivity contribution is -0.132. The quantitative estimate of drug-likeness (QED) is 0.764. The van der Waals surface area contributed by atoms with Gasteiger partial charge in [-0.1, -0.05) is 0 Å². The van der Waals surface area contributed by atoms with Crippen molar-refractivity contribution >= 4 is 11.9 Å². The monoisotopic (exact) mass is 265 g/mol. The number of amides is 1. The van der Waals surface area contributed by atoms with Crippen molar-refractivity contribution in [2.75, 3.05) is 19.7 Å². The van der Waals surface area contributed by atoms with Crippen LogP contribution < -0.4 is 0 Å². The first-order valence-corrected chi connectivity index (χ1v) is 6.67. The summed E-state index contributed by atoms with van der Waals surface area (Å²) in [4.78, 5) is 29.3. The van der Waals surface area contributed by atoms with Crippen LogP contribution in [-0.4, -0.2) is 46.0 Å². The van der Waals surface area contributed by atoms with Gasteiger partial charge in [0.2, 0.25) is 5.91 Å². The Morgan fingerprint density at radius 2 is 2.05 bits per heavy atom. The number of nitrogens with zero attached hydrogens (tertiary/aromatic N) is 3. The van der Waals surface area contributed by atoms with Crippen molar-refractivity contribution < 1.29 is 14.3 Å². The second kappa shape index (κ2) is 6.36. The van der Waals surface area contributed by atoms with Gasteiger partial charge in [0.25, 0.3) is 0 Å². The fraction of sp³-hybridized carbons (Fsp3) is 0.615. The molecule has 104 valence electrons. The van der Waals surface area contributed by atoms with Crippen LogP contribution in [0, 0.1) is 0 Å². The molecule has 19 heavy (non-hydrogen) atoms. The van der Waals surface area contributed by atoms with E-state index in [1.54, 1.807) is 17.7 Å². The maximum atomic E-state index is 12.0. The number of likely N-dealkylation sites (tertiary alicyclic amines) is 1. The first-order valence-electron chi connectivity index (χ1n) is 6.67. The molecule has 1 aromatic rings. The first kappa shape index (κ1) is 13.6. The van der Waals surface area contributed by atoms with Crippen molar-refractivity contribution in [3.63, 3.8) is 0 Å². The van der Waals surface area contributed by atoms with E-state index in [0.29, 0.717) is 6.61 Å². The summed E-state index contributed by atoms with van der Waals surface area (Å²) in [5.41, 5.74) is 0.244. The van der Waals surface area contributed by atoms with Gasteiger partial charge in [-0.25, -0.2) is 9.78 Å². The van der Waals surface area contributed by atoms with Crippen molar-refractivity contribution in [2.24, 2.45) is 0 Å². The summed E-state index contributed by atoms with van der Waals surface area (Å²) in [6, 6.07) is 0. The van der Waals surface area contributed by atoms with Gasteiger partial charge in [0, 0.05) is 19.3 Å². The standard InChI is InChI=1S/C13H19N3O3/c1-2-19-13(18)11-8-15(10-14-11)9-12(17)16-6-4-3-5-7-16/h8,10H,2-7,9H2,1H3. The van der Waals surface area contributed by atoms with Crippen molar-refractivity contribution in [1.29, 1.82) is 0 Å². The first-order chi connectivity index (χ1) is 9.20. The predicted octanol–water partition coefficient (Wildman–Crippen LogP) is 1.07. The van der Waals surface area contributed by atoms with Gasteiger partial charge < -0.3 is 14.2 Å². The molecule has 6 nitrogen and oxygen atoms in total. The van der Waals surface area contributed by atoms with Crippen LogP contribution >= 0.6 is 0 Å². The van der Waals surface area contributed by atoms with Crippen molar-refractivity contribution in [3.8, 4) is 0 Å². The molecule has 1 fully saturated rings. The van der Waals surface area contributed by atoms with E-state index in [4.69, 9.17) is 4.74 Å². The number of esters is 1. The normalized spacial score (nSPS) is 15.3. The van der Waals surface area contributed by atoms with E-state index >= 15 is 0 Å². The van der Waals surface area contributed by atoms with Crippen LogP contribution in [0.2, 0.25) is 0 Å². The topological polar surface area (TPSA) is 64.4 Å². The summed E-state index contributed by atoms with van der Waals surface area (Å²) in [5, 5.41) is 0. The van der Waals surface area contributed by atoms with Gasteiger partial charge in [0.15, 0.2) is 5.69 Å². The number of rotatable bonds is 4. The third kappa shape index (κ3) is 3.56. The Kier molecular flexibility index (Phi) is 4.54. The molecular weight excluding hydrogens is 246 g/mol. The molecule has 0 atom stereocenters. The molecule has 0 bridgehead atoms. The molecule has 2 heterocycles. The molecule has 0 unspecified atom stereocenters. The molecule has 1 saturated heterocycles. The van der Waals surface area contributed by atoms with E-state index in [1.165, 1.54) is 12.7 Å². The number of ether oxygens (including phenoxy) is 1. The van der Waals surface area contributed by atoms with E-state index in [9.17, 15) is 9.59 Å². The molecule has 1 amide bonds. The highest BCUT2D eigenvalue weighted by Crippen LogP contribution is 2.09. The summed E-state index contributed by atoms with van der Waals surface area (Å²) in [7, 11) is 0. The molecule has 0 aliphatic carbocycles. The van der Waals surface area contributed by atoms with Gasteiger partial charge in [0.1, 0.15) is 6.54 Å². The minimum atomic E-state index is -0.452. The fourth-order valence-electron chi connectivity index (χ4n) is 2.16. The maximum absolute atomic E-state index is 12.0. The number of piperidine rings is 1. The smallest absolute Gasteiger partial charge is 0.358 e. The zero-order chi connectivity index (χ0) is 13.7. The maximum Gasteiger partial charge on any atom is 0.358 e. The molecule has 1 aromatic heterocycles. The fourth-order valence-corrected chi connectivity index (χ4v) is 2.16. The average Bonchev–Trinajstić information content (AvgIpc) is 2.88. The van der Waals surface area contributed by atoms with Crippen molar-refractivity contribution in [1.82, 2.24) is 14.5 Å². The second-order valence-corrected chi connectivity index (χ2v) is 4.59. The van der Waals surface area contributed by atoms with Crippen LogP contribution in [0.25, 0.3) is 0 Å². The zero-order valence-electron chi connectivity index (χ0n) is 11.2. The second-order valence-electron chi connectivity index (χ2n) is 4.59. The Bertz CT molecular complexity index is 450. The lowest BCUT2D eigenvalue weighted by Crippen LogP contribution is -2.37. The predicted molar refractivity (Wildman–Crippen MR) is 68.6 cm³/mol. The number of imidazole rings is 1. The number of carbonyl (C=O) groups is 2. The molecule has 1 aliphatic rings. The molecule has 1 aliphatic heterocycles. The van der Waals surface area contributed by atoms with Crippen LogP contribution in [-0.2, 0) is 16.1 Å². The number of hydrogen-bond acceptors (Lipinski definition) is 4. The minimum absolute atomic E-state index is 0.0764.